The van der Waals surface area contributed by atoms with E-state index in [2.05, 4.69) is 13.0 Å². The molecule has 1 amide bonds. The third kappa shape index (κ3) is 3.81. The zero-order valence-corrected chi connectivity index (χ0v) is 12.7. The molecule has 2 nitrogen and oxygen atoms in total. The van der Waals surface area contributed by atoms with Crippen molar-refractivity contribution in [2.75, 3.05) is 0 Å². The van der Waals surface area contributed by atoms with Crippen molar-refractivity contribution < 1.29 is 13.6 Å². The number of carbonyl (C=O) groups is 1. The summed E-state index contributed by atoms with van der Waals surface area (Å²) in [7, 11) is 0. The smallest absolute Gasteiger partial charge is 0.254 e. The fourth-order valence-corrected chi connectivity index (χ4v) is 2.72. The number of benzene rings is 1. The molecule has 1 aromatic carbocycles. The molecule has 0 saturated carbocycles. The maximum Gasteiger partial charge on any atom is 0.254 e. The van der Waals surface area contributed by atoms with E-state index in [1.807, 2.05) is 12.2 Å². The van der Waals surface area contributed by atoms with Crippen LogP contribution in [0.15, 0.2) is 35.9 Å². The largest absolute Gasteiger partial charge is 0.365 e. The number of amides is 1. The molecule has 1 unspecified atom stereocenters. The topological polar surface area (TPSA) is 43.1 Å². The van der Waals surface area contributed by atoms with Crippen LogP contribution in [0.4, 0.5) is 8.78 Å². The van der Waals surface area contributed by atoms with Gasteiger partial charge in [-0.3, -0.25) is 4.79 Å². The Morgan fingerprint density at radius 2 is 1.95 bits per heavy atom. The Balaban J connectivity index is 2.09. The minimum Gasteiger partial charge on any atom is -0.365 e. The Hall–Kier alpha value is -1.97. The highest BCUT2D eigenvalue weighted by atomic mass is 19.1. The number of halogens is 2. The van der Waals surface area contributed by atoms with Gasteiger partial charge in [0.05, 0.1) is 0 Å². The number of rotatable bonds is 6. The van der Waals surface area contributed by atoms with Gasteiger partial charge in [-0.15, -0.1) is 0 Å². The van der Waals surface area contributed by atoms with Crippen LogP contribution < -0.4 is 5.73 Å². The summed E-state index contributed by atoms with van der Waals surface area (Å²) in [6.45, 7) is 2.17. The number of unbranched alkanes of at least 4 members (excludes halogenated alkanes) is 2. The minimum absolute atomic E-state index is 0.0687. The molecule has 1 atom stereocenters. The second-order valence-electron chi connectivity index (χ2n) is 5.66. The zero-order valence-electron chi connectivity index (χ0n) is 12.7. The number of nitrogens with two attached hydrogens (primary N) is 1. The third-order valence-corrected chi connectivity index (χ3v) is 3.98. The van der Waals surface area contributed by atoms with Crippen molar-refractivity contribution >= 4 is 5.91 Å². The summed E-state index contributed by atoms with van der Waals surface area (Å²) in [5.74, 6) is -2.94. The van der Waals surface area contributed by atoms with Crippen LogP contribution >= 0.6 is 0 Å². The SMILES string of the molecule is CCCCCC1=CCC(c2cc(F)c(C(N)=O)c(F)c2)C=C1. The Bertz CT molecular complexity index is 597. The van der Waals surface area contributed by atoms with Gasteiger partial charge in [-0.05, 0) is 37.0 Å². The van der Waals surface area contributed by atoms with E-state index in [1.54, 1.807) is 0 Å². The molecule has 0 bridgehead atoms. The second kappa shape index (κ2) is 7.34. The van der Waals surface area contributed by atoms with E-state index in [0.717, 1.165) is 12.8 Å². The number of hydrogen-bond acceptors (Lipinski definition) is 1. The number of carbonyl (C=O) groups excluding carboxylic acids is 1. The van der Waals surface area contributed by atoms with E-state index in [-0.39, 0.29) is 5.92 Å². The lowest BCUT2D eigenvalue weighted by atomic mass is 9.88. The summed E-state index contributed by atoms with van der Waals surface area (Å²) in [5, 5.41) is 0. The van der Waals surface area contributed by atoms with Crippen LogP contribution in [0.25, 0.3) is 0 Å². The van der Waals surface area contributed by atoms with Crippen molar-refractivity contribution in [3.63, 3.8) is 0 Å². The van der Waals surface area contributed by atoms with Gasteiger partial charge < -0.3 is 5.73 Å². The monoisotopic (exact) mass is 305 g/mol. The Kier molecular flexibility index (Phi) is 5.47. The van der Waals surface area contributed by atoms with Crippen molar-refractivity contribution in [1.82, 2.24) is 0 Å². The first kappa shape index (κ1) is 16.4. The lowest BCUT2D eigenvalue weighted by Gasteiger charge is -2.17. The molecule has 1 aromatic rings. The molecule has 0 radical (unpaired) electrons. The van der Waals surface area contributed by atoms with Crippen molar-refractivity contribution in [3.05, 3.63) is 58.7 Å². The molecule has 22 heavy (non-hydrogen) atoms. The van der Waals surface area contributed by atoms with Gasteiger partial charge in [0.1, 0.15) is 17.2 Å². The predicted molar refractivity (Wildman–Crippen MR) is 83.6 cm³/mol. The van der Waals surface area contributed by atoms with Crippen LogP contribution in [0.3, 0.4) is 0 Å². The van der Waals surface area contributed by atoms with Crippen LogP contribution in [0.1, 0.15) is 60.9 Å². The molecule has 4 heteroatoms. The van der Waals surface area contributed by atoms with Gasteiger partial charge in [-0.2, -0.15) is 0 Å². The lowest BCUT2D eigenvalue weighted by molar-refractivity contribution is 0.0992. The maximum atomic E-state index is 13.8. The maximum absolute atomic E-state index is 13.8. The molecule has 118 valence electrons. The summed E-state index contributed by atoms with van der Waals surface area (Å²) in [4.78, 5) is 11.0. The van der Waals surface area contributed by atoms with Gasteiger partial charge in [0.25, 0.3) is 5.91 Å². The Morgan fingerprint density at radius 3 is 2.45 bits per heavy atom. The fourth-order valence-electron chi connectivity index (χ4n) is 2.72. The summed E-state index contributed by atoms with van der Waals surface area (Å²) in [6.07, 6.45) is 11.4. The van der Waals surface area contributed by atoms with Crippen LogP contribution in [-0.2, 0) is 0 Å². The summed E-state index contributed by atoms with van der Waals surface area (Å²) >= 11 is 0. The third-order valence-electron chi connectivity index (χ3n) is 3.98. The number of primary amides is 1. The van der Waals surface area contributed by atoms with E-state index >= 15 is 0 Å². The molecule has 0 fully saturated rings. The summed E-state index contributed by atoms with van der Waals surface area (Å²) in [6, 6.07) is 2.40. The van der Waals surface area contributed by atoms with Gasteiger partial charge in [-0.1, -0.05) is 43.6 Å². The van der Waals surface area contributed by atoms with Gasteiger partial charge in [0.15, 0.2) is 0 Å². The minimum atomic E-state index is -1.08. The van der Waals surface area contributed by atoms with Gasteiger partial charge in [0, 0.05) is 5.92 Å². The van der Waals surface area contributed by atoms with Crippen LogP contribution in [-0.4, -0.2) is 5.91 Å². The van der Waals surface area contributed by atoms with Crippen molar-refractivity contribution in [3.8, 4) is 0 Å². The van der Waals surface area contributed by atoms with Crippen LogP contribution in [0.5, 0.6) is 0 Å². The fraction of sp³-hybridized carbons (Fsp3) is 0.389. The highest BCUT2D eigenvalue weighted by Gasteiger charge is 2.19. The summed E-state index contributed by atoms with van der Waals surface area (Å²) < 4.78 is 27.6. The van der Waals surface area contributed by atoms with Crippen LogP contribution in [0, 0.1) is 11.6 Å². The average molecular weight is 305 g/mol. The summed E-state index contributed by atoms with van der Waals surface area (Å²) in [5.41, 5.74) is 6.12. The van der Waals surface area contributed by atoms with Gasteiger partial charge >= 0.3 is 0 Å². The van der Waals surface area contributed by atoms with E-state index in [9.17, 15) is 13.6 Å². The first-order valence-corrected chi connectivity index (χ1v) is 7.69. The van der Waals surface area contributed by atoms with Gasteiger partial charge in [-0.25, -0.2) is 8.78 Å². The molecule has 0 heterocycles. The van der Waals surface area contributed by atoms with E-state index in [0.29, 0.717) is 12.0 Å². The first-order chi connectivity index (χ1) is 10.5. The van der Waals surface area contributed by atoms with Crippen molar-refractivity contribution in [2.24, 2.45) is 5.73 Å². The normalized spacial score (nSPS) is 17.4. The Labute approximate surface area is 129 Å². The van der Waals surface area contributed by atoms with Crippen molar-refractivity contribution in [1.29, 1.82) is 0 Å². The molecular weight excluding hydrogens is 284 g/mol. The predicted octanol–water partition coefficient (Wildman–Crippen LogP) is 4.61. The second-order valence-corrected chi connectivity index (χ2v) is 5.66. The van der Waals surface area contributed by atoms with Crippen molar-refractivity contribution in [2.45, 2.75) is 44.9 Å². The number of allylic oxidation sites excluding steroid dienone is 4. The molecule has 0 saturated heterocycles. The molecule has 2 N–H and O–H groups in total. The standard InChI is InChI=1S/C18H21F2NO/c1-2-3-4-5-12-6-8-13(9-7-12)14-10-15(19)17(18(21)22)16(20)11-14/h6-8,10-11,13H,2-5,9H2,1H3,(H2,21,22). The van der Waals surface area contributed by atoms with E-state index in [4.69, 9.17) is 5.73 Å². The molecule has 2 rings (SSSR count). The molecule has 0 aromatic heterocycles. The van der Waals surface area contributed by atoms with Crippen LogP contribution in [0.2, 0.25) is 0 Å². The molecule has 1 aliphatic carbocycles. The highest BCUT2D eigenvalue weighted by Crippen LogP contribution is 2.30. The molecule has 0 spiro atoms. The zero-order chi connectivity index (χ0) is 16.1. The van der Waals surface area contributed by atoms with Gasteiger partial charge in [0.2, 0.25) is 0 Å². The van der Waals surface area contributed by atoms with E-state index < -0.39 is 23.1 Å². The average Bonchev–Trinajstić information content (AvgIpc) is 2.47. The molecular formula is C18H21F2NO. The molecule has 1 aliphatic rings. The molecule has 0 aliphatic heterocycles. The van der Waals surface area contributed by atoms with E-state index in [1.165, 1.54) is 30.5 Å². The Morgan fingerprint density at radius 1 is 1.27 bits per heavy atom. The number of hydrogen-bond donors (Lipinski definition) is 1. The first-order valence-electron chi connectivity index (χ1n) is 7.69. The lowest BCUT2D eigenvalue weighted by Crippen LogP contribution is -2.16. The quantitative estimate of drug-likeness (QED) is 0.766. The highest BCUT2D eigenvalue weighted by molar-refractivity contribution is 5.93.